The Morgan fingerprint density at radius 3 is 2.35 bits per heavy atom. The Hall–Kier alpha value is -2.12. The SMILES string of the molecule is COc1cc(C=NNC(=O)C[NH+]2CC[NH+](C)CC2)cc(OC)c1. The molecule has 7 nitrogen and oxygen atoms in total. The van der Waals surface area contributed by atoms with Crippen molar-refractivity contribution < 1.29 is 24.1 Å². The summed E-state index contributed by atoms with van der Waals surface area (Å²) in [7, 11) is 5.37. The predicted octanol–water partition coefficient (Wildman–Crippen LogP) is -2.43. The van der Waals surface area contributed by atoms with Crippen LogP contribution >= 0.6 is 0 Å². The van der Waals surface area contributed by atoms with Crippen LogP contribution in [0.3, 0.4) is 0 Å². The van der Waals surface area contributed by atoms with Crippen molar-refractivity contribution in [2.45, 2.75) is 0 Å². The van der Waals surface area contributed by atoms with Gasteiger partial charge < -0.3 is 19.3 Å². The predicted molar refractivity (Wildman–Crippen MR) is 87.5 cm³/mol. The molecular formula is C16H26N4O3+2. The second-order valence-corrected chi connectivity index (χ2v) is 5.82. The molecule has 1 saturated heterocycles. The largest absolute Gasteiger partial charge is 0.497 e. The molecule has 0 radical (unpaired) electrons. The molecule has 126 valence electrons. The Kier molecular flexibility index (Phi) is 6.37. The molecule has 3 N–H and O–H groups in total. The highest BCUT2D eigenvalue weighted by molar-refractivity contribution is 5.83. The molecule has 0 saturated carbocycles. The minimum absolute atomic E-state index is 0.0642. The number of benzene rings is 1. The first-order valence-corrected chi connectivity index (χ1v) is 7.80. The van der Waals surface area contributed by atoms with Crippen molar-refractivity contribution in [2.24, 2.45) is 5.10 Å². The number of nitrogens with one attached hydrogen (secondary N) is 3. The summed E-state index contributed by atoms with van der Waals surface area (Å²) in [5.41, 5.74) is 3.39. The Labute approximate surface area is 136 Å². The van der Waals surface area contributed by atoms with Crippen molar-refractivity contribution in [2.75, 3.05) is 54.0 Å². The lowest BCUT2D eigenvalue weighted by atomic mass is 10.2. The summed E-state index contributed by atoms with van der Waals surface area (Å²) >= 11 is 0. The van der Waals surface area contributed by atoms with Gasteiger partial charge in [-0.05, 0) is 12.1 Å². The highest BCUT2D eigenvalue weighted by atomic mass is 16.5. The molecule has 1 aromatic carbocycles. The van der Waals surface area contributed by atoms with E-state index in [-0.39, 0.29) is 5.91 Å². The topological polar surface area (TPSA) is 68.8 Å². The number of carbonyl (C=O) groups excluding carboxylic acids is 1. The smallest absolute Gasteiger partial charge is 0.295 e. The van der Waals surface area contributed by atoms with Crippen molar-refractivity contribution in [3.05, 3.63) is 23.8 Å². The van der Waals surface area contributed by atoms with Crippen LogP contribution in [0.1, 0.15) is 5.56 Å². The zero-order valence-electron chi connectivity index (χ0n) is 14.0. The number of methoxy groups -OCH3 is 2. The highest BCUT2D eigenvalue weighted by Gasteiger charge is 2.21. The number of hydrazone groups is 1. The number of piperazine rings is 1. The number of quaternary nitrogens is 2. The first-order chi connectivity index (χ1) is 11.1. The van der Waals surface area contributed by atoms with Gasteiger partial charge in [0.1, 0.15) is 37.7 Å². The van der Waals surface area contributed by atoms with Crippen molar-refractivity contribution in [3.63, 3.8) is 0 Å². The fourth-order valence-corrected chi connectivity index (χ4v) is 2.56. The molecule has 0 atom stereocenters. The van der Waals surface area contributed by atoms with Crippen LogP contribution in [0.2, 0.25) is 0 Å². The summed E-state index contributed by atoms with van der Waals surface area (Å²) in [6.45, 7) is 4.73. The van der Waals surface area contributed by atoms with Gasteiger partial charge in [-0.1, -0.05) is 0 Å². The molecule has 2 rings (SSSR count). The summed E-state index contributed by atoms with van der Waals surface area (Å²) in [5.74, 6) is 1.30. The maximum atomic E-state index is 11.9. The molecule has 1 fully saturated rings. The third-order valence-corrected chi connectivity index (χ3v) is 4.00. The van der Waals surface area contributed by atoms with Crippen LogP contribution < -0.4 is 24.7 Å². The first-order valence-electron chi connectivity index (χ1n) is 7.80. The molecular weight excluding hydrogens is 296 g/mol. The fraction of sp³-hybridized carbons (Fsp3) is 0.500. The molecule has 1 aliphatic rings. The molecule has 1 heterocycles. The minimum Gasteiger partial charge on any atom is -0.497 e. The van der Waals surface area contributed by atoms with Gasteiger partial charge in [-0.15, -0.1) is 0 Å². The van der Waals surface area contributed by atoms with E-state index in [0.29, 0.717) is 18.0 Å². The number of nitrogens with zero attached hydrogens (tertiary/aromatic N) is 1. The fourth-order valence-electron chi connectivity index (χ4n) is 2.56. The average Bonchev–Trinajstić information content (AvgIpc) is 2.56. The van der Waals surface area contributed by atoms with Crippen molar-refractivity contribution >= 4 is 12.1 Å². The van der Waals surface area contributed by atoms with Crippen molar-refractivity contribution in [1.82, 2.24) is 5.43 Å². The standard InChI is InChI=1S/C16H24N4O3/c1-19-4-6-20(7-5-19)12-16(21)18-17-11-13-8-14(22-2)10-15(9-13)23-3/h8-11H,4-7,12H2,1-3H3,(H,18,21)/p+2. The number of hydrogen-bond donors (Lipinski definition) is 3. The van der Waals surface area contributed by atoms with Crippen LogP contribution in [-0.2, 0) is 4.79 Å². The lowest BCUT2D eigenvalue weighted by Gasteiger charge is -2.26. The first kappa shape index (κ1) is 17.2. The maximum Gasteiger partial charge on any atom is 0.295 e. The van der Waals surface area contributed by atoms with Gasteiger partial charge in [0.2, 0.25) is 0 Å². The number of likely N-dealkylation sites (N-methyl/N-ethyl adjacent to an activating group) is 1. The summed E-state index contributed by atoms with van der Waals surface area (Å²) in [6.07, 6.45) is 1.59. The number of amides is 1. The van der Waals surface area contributed by atoms with Gasteiger partial charge in [0.15, 0.2) is 6.54 Å². The van der Waals surface area contributed by atoms with E-state index in [9.17, 15) is 4.79 Å². The molecule has 1 aliphatic heterocycles. The molecule has 0 unspecified atom stereocenters. The highest BCUT2D eigenvalue weighted by Crippen LogP contribution is 2.21. The van der Waals surface area contributed by atoms with Crippen LogP contribution in [0.5, 0.6) is 11.5 Å². The van der Waals surface area contributed by atoms with Gasteiger partial charge in [0.25, 0.3) is 5.91 Å². The third kappa shape index (κ3) is 5.54. The van der Waals surface area contributed by atoms with Crippen LogP contribution in [0.15, 0.2) is 23.3 Å². The van der Waals surface area contributed by atoms with Gasteiger partial charge in [0, 0.05) is 11.6 Å². The zero-order valence-corrected chi connectivity index (χ0v) is 14.0. The second-order valence-electron chi connectivity index (χ2n) is 5.82. The lowest BCUT2D eigenvalue weighted by molar-refractivity contribution is -1.000. The molecule has 7 heteroatoms. The third-order valence-electron chi connectivity index (χ3n) is 4.00. The quantitative estimate of drug-likeness (QED) is 0.403. The van der Waals surface area contributed by atoms with E-state index in [4.69, 9.17) is 9.47 Å². The molecule has 0 aliphatic carbocycles. The average molecular weight is 322 g/mol. The molecule has 0 spiro atoms. The van der Waals surface area contributed by atoms with E-state index in [1.165, 1.54) is 9.80 Å². The molecule has 0 aromatic heterocycles. The summed E-state index contributed by atoms with van der Waals surface area (Å²) < 4.78 is 10.4. The Morgan fingerprint density at radius 2 is 1.78 bits per heavy atom. The van der Waals surface area contributed by atoms with E-state index >= 15 is 0 Å². The molecule has 23 heavy (non-hydrogen) atoms. The number of rotatable bonds is 6. The van der Waals surface area contributed by atoms with Crippen LogP contribution in [0, 0.1) is 0 Å². The maximum absolute atomic E-state index is 11.9. The monoisotopic (exact) mass is 322 g/mol. The normalized spacial score (nSPS) is 21.2. The summed E-state index contributed by atoms with van der Waals surface area (Å²) in [4.78, 5) is 14.8. The van der Waals surface area contributed by atoms with Gasteiger partial charge in [-0.25, -0.2) is 5.43 Å². The van der Waals surface area contributed by atoms with Crippen LogP contribution in [-0.4, -0.2) is 66.1 Å². The van der Waals surface area contributed by atoms with E-state index in [1.807, 2.05) is 12.1 Å². The van der Waals surface area contributed by atoms with Gasteiger partial charge >= 0.3 is 0 Å². The summed E-state index contributed by atoms with van der Waals surface area (Å²) in [6, 6.07) is 5.44. The van der Waals surface area contributed by atoms with E-state index in [0.717, 1.165) is 31.7 Å². The number of hydrogen-bond acceptors (Lipinski definition) is 4. The van der Waals surface area contributed by atoms with Gasteiger partial charge in [-0.3, -0.25) is 4.79 Å². The summed E-state index contributed by atoms with van der Waals surface area (Å²) in [5, 5.41) is 4.02. The van der Waals surface area contributed by atoms with Gasteiger partial charge in [-0.2, -0.15) is 5.10 Å². The van der Waals surface area contributed by atoms with E-state index in [2.05, 4.69) is 17.6 Å². The molecule has 1 amide bonds. The van der Waals surface area contributed by atoms with Crippen molar-refractivity contribution in [3.8, 4) is 11.5 Å². The van der Waals surface area contributed by atoms with E-state index in [1.54, 1.807) is 26.5 Å². The number of carbonyl (C=O) groups is 1. The Bertz CT molecular complexity index is 532. The van der Waals surface area contributed by atoms with Gasteiger partial charge in [0.05, 0.1) is 27.5 Å². The second kappa shape index (κ2) is 8.50. The zero-order chi connectivity index (χ0) is 16.7. The molecule has 0 bridgehead atoms. The Balaban J connectivity index is 1.84. The Morgan fingerprint density at radius 1 is 1.17 bits per heavy atom. The lowest BCUT2D eigenvalue weighted by Crippen LogP contribution is -3.27. The van der Waals surface area contributed by atoms with Crippen LogP contribution in [0.4, 0.5) is 0 Å². The van der Waals surface area contributed by atoms with Crippen LogP contribution in [0.25, 0.3) is 0 Å². The minimum atomic E-state index is -0.0642. The van der Waals surface area contributed by atoms with Crippen molar-refractivity contribution in [1.29, 1.82) is 0 Å². The number of ether oxygens (including phenoxy) is 2. The molecule has 1 aromatic rings. The van der Waals surface area contributed by atoms with E-state index < -0.39 is 0 Å².